The Hall–Kier alpha value is -1.16. The molecule has 0 aliphatic carbocycles. The van der Waals surface area contributed by atoms with Crippen molar-refractivity contribution in [3.8, 4) is 0 Å². The van der Waals surface area contributed by atoms with E-state index >= 15 is 0 Å². The third-order valence-corrected chi connectivity index (χ3v) is 2.43. The quantitative estimate of drug-likeness (QED) is 0.656. The van der Waals surface area contributed by atoms with Crippen molar-refractivity contribution >= 4 is 5.78 Å². The Labute approximate surface area is 76.9 Å². The van der Waals surface area contributed by atoms with Crippen molar-refractivity contribution in [3.63, 3.8) is 0 Å². The molecular weight excluding hydrogens is 166 g/mol. The molecule has 1 N–H and O–H groups in total. The highest BCUT2D eigenvalue weighted by Gasteiger charge is 2.27. The molecule has 0 bridgehead atoms. The van der Waals surface area contributed by atoms with Crippen LogP contribution in [0, 0.1) is 12.8 Å². The van der Waals surface area contributed by atoms with E-state index < -0.39 is 0 Å². The zero-order chi connectivity index (χ0) is 9.42. The largest absolute Gasteiger partial charge is 0.315 e. The number of Topliss-reactive ketones (excluding diaryl/α,β-unsaturated/α-hetero) is 1. The Bertz CT molecular complexity index is 339. The number of hydrogen-bond acceptors (Lipinski definition) is 3. The number of hydrogen-bond donors (Lipinski definition) is 1. The van der Waals surface area contributed by atoms with Crippen molar-refractivity contribution < 1.29 is 4.79 Å². The second kappa shape index (κ2) is 2.96. The van der Waals surface area contributed by atoms with Gasteiger partial charge in [-0.25, -0.2) is 0 Å². The molecule has 4 nitrogen and oxygen atoms in total. The number of nitrogens with one attached hydrogen (secondary N) is 1. The van der Waals surface area contributed by atoms with Gasteiger partial charge in [-0.2, -0.15) is 5.10 Å². The van der Waals surface area contributed by atoms with E-state index in [-0.39, 0.29) is 11.7 Å². The van der Waals surface area contributed by atoms with E-state index in [0.717, 1.165) is 24.3 Å². The third kappa shape index (κ3) is 1.37. The van der Waals surface area contributed by atoms with Crippen molar-refractivity contribution in [1.82, 2.24) is 15.1 Å². The van der Waals surface area contributed by atoms with Crippen molar-refractivity contribution in [2.24, 2.45) is 13.0 Å². The van der Waals surface area contributed by atoms with Gasteiger partial charge in [0.25, 0.3) is 0 Å². The minimum atomic E-state index is 0.169. The maximum atomic E-state index is 11.8. The van der Waals surface area contributed by atoms with Crippen molar-refractivity contribution in [2.45, 2.75) is 6.92 Å². The van der Waals surface area contributed by atoms with Crippen LogP contribution in [0.3, 0.4) is 0 Å². The Balaban J connectivity index is 2.23. The average molecular weight is 179 g/mol. The number of rotatable bonds is 2. The topological polar surface area (TPSA) is 46.9 Å². The monoisotopic (exact) mass is 179 g/mol. The summed E-state index contributed by atoms with van der Waals surface area (Å²) in [6, 6.07) is 0. The second-order valence-electron chi connectivity index (χ2n) is 3.52. The Kier molecular flexibility index (Phi) is 1.92. The Morgan fingerprint density at radius 3 is 2.77 bits per heavy atom. The molecule has 2 rings (SSSR count). The number of aryl methyl sites for hydroxylation is 2. The van der Waals surface area contributed by atoms with Gasteiger partial charge in [0.2, 0.25) is 0 Å². The molecule has 0 radical (unpaired) electrons. The molecule has 0 unspecified atom stereocenters. The Morgan fingerprint density at radius 2 is 2.38 bits per heavy atom. The predicted molar refractivity (Wildman–Crippen MR) is 48.6 cm³/mol. The van der Waals surface area contributed by atoms with Crippen LogP contribution in [0.2, 0.25) is 0 Å². The molecule has 4 heteroatoms. The van der Waals surface area contributed by atoms with Gasteiger partial charge in [0.1, 0.15) is 0 Å². The molecule has 1 aromatic heterocycles. The molecule has 1 aromatic rings. The van der Waals surface area contributed by atoms with Crippen LogP contribution in [0.4, 0.5) is 0 Å². The molecule has 0 atom stereocenters. The van der Waals surface area contributed by atoms with Crippen LogP contribution in [0.15, 0.2) is 6.20 Å². The zero-order valence-electron chi connectivity index (χ0n) is 7.87. The molecule has 1 aliphatic heterocycles. The fourth-order valence-corrected chi connectivity index (χ4v) is 1.54. The maximum Gasteiger partial charge on any atom is 0.171 e. The Morgan fingerprint density at radius 1 is 1.69 bits per heavy atom. The van der Waals surface area contributed by atoms with Crippen molar-refractivity contribution in [2.75, 3.05) is 13.1 Å². The summed E-state index contributed by atoms with van der Waals surface area (Å²) in [5.74, 6) is 0.396. The molecule has 13 heavy (non-hydrogen) atoms. The first-order valence-corrected chi connectivity index (χ1v) is 4.43. The molecule has 1 aliphatic rings. The van der Waals surface area contributed by atoms with E-state index in [1.807, 2.05) is 14.0 Å². The van der Waals surface area contributed by atoms with E-state index in [0.29, 0.717) is 0 Å². The highest BCUT2D eigenvalue weighted by molar-refractivity contribution is 5.99. The molecule has 0 amide bonds. The van der Waals surface area contributed by atoms with Gasteiger partial charge in [0.05, 0.1) is 11.3 Å². The number of carbonyl (C=O) groups excluding carboxylic acids is 1. The average Bonchev–Trinajstić information content (AvgIpc) is 2.26. The van der Waals surface area contributed by atoms with Crippen LogP contribution < -0.4 is 5.32 Å². The van der Waals surface area contributed by atoms with Gasteiger partial charge < -0.3 is 5.32 Å². The van der Waals surface area contributed by atoms with Gasteiger partial charge >= 0.3 is 0 Å². The lowest BCUT2D eigenvalue weighted by molar-refractivity contribution is 0.0877. The first-order chi connectivity index (χ1) is 6.18. The first-order valence-electron chi connectivity index (χ1n) is 4.43. The van der Waals surface area contributed by atoms with E-state index in [1.54, 1.807) is 10.9 Å². The number of carbonyl (C=O) groups is 1. The number of nitrogens with zero attached hydrogens (tertiary/aromatic N) is 2. The van der Waals surface area contributed by atoms with Crippen LogP contribution in [-0.2, 0) is 7.05 Å². The van der Waals surface area contributed by atoms with E-state index in [9.17, 15) is 4.79 Å². The van der Waals surface area contributed by atoms with E-state index in [4.69, 9.17) is 0 Å². The van der Waals surface area contributed by atoms with Gasteiger partial charge in [-0.15, -0.1) is 0 Å². The predicted octanol–water partition coefficient (Wildman–Crippen LogP) is 0.131. The second-order valence-corrected chi connectivity index (χ2v) is 3.52. The zero-order valence-corrected chi connectivity index (χ0v) is 7.87. The molecule has 2 heterocycles. The fourth-order valence-electron chi connectivity index (χ4n) is 1.54. The smallest absolute Gasteiger partial charge is 0.171 e. The van der Waals surface area contributed by atoms with Crippen molar-refractivity contribution in [1.29, 1.82) is 0 Å². The van der Waals surface area contributed by atoms with Crippen molar-refractivity contribution in [3.05, 3.63) is 17.5 Å². The summed E-state index contributed by atoms with van der Waals surface area (Å²) in [6.45, 7) is 3.50. The summed E-state index contributed by atoms with van der Waals surface area (Å²) in [4.78, 5) is 11.8. The summed E-state index contributed by atoms with van der Waals surface area (Å²) < 4.78 is 1.69. The van der Waals surface area contributed by atoms with E-state index in [2.05, 4.69) is 10.4 Å². The lowest BCUT2D eigenvalue weighted by Crippen LogP contribution is -2.46. The van der Waals surface area contributed by atoms with Gasteiger partial charge in [-0.1, -0.05) is 0 Å². The lowest BCUT2D eigenvalue weighted by Gasteiger charge is -2.25. The first kappa shape index (κ1) is 8.44. The molecule has 0 spiro atoms. The number of aromatic nitrogens is 2. The van der Waals surface area contributed by atoms with E-state index in [1.165, 1.54) is 0 Å². The SMILES string of the molecule is Cc1nn(C)cc1C(=O)C1CNC1. The molecule has 0 aromatic carbocycles. The van der Waals surface area contributed by atoms with Crippen LogP contribution in [-0.4, -0.2) is 28.7 Å². The summed E-state index contributed by atoms with van der Waals surface area (Å²) in [6.07, 6.45) is 1.80. The van der Waals surface area contributed by atoms with Crippen LogP contribution in [0.25, 0.3) is 0 Å². The third-order valence-electron chi connectivity index (χ3n) is 2.43. The van der Waals surface area contributed by atoms with Gasteiger partial charge in [0, 0.05) is 32.3 Å². The minimum absolute atomic E-state index is 0.169. The molecule has 1 saturated heterocycles. The maximum absolute atomic E-state index is 11.8. The lowest BCUT2D eigenvalue weighted by atomic mass is 9.93. The van der Waals surface area contributed by atoms with Gasteiger partial charge in [0.15, 0.2) is 5.78 Å². The van der Waals surface area contributed by atoms with Crippen LogP contribution >= 0.6 is 0 Å². The molecule has 70 valence electrons. The van der Waals surface area contributed by atoms with Crippen LogP contribution in [0.1, 0.15) is 16.1 Å². The fraction of sp³-hybridized carbons (Fsp3) is 0.556. The van der Waals surface area contributed by atoms with Gasteiger partial charge in [-0.3, -0.25) is 9.48 Å². The standard InChI is InChI=1S/C9H13N3O/c1-6-8(5-12(2)11-6)9(13)7-3-10-4-7/h5,7,10H,3-4H2,1-2H3. The highest BCUT2D eigenvalue weighted by Crippen LogP contribution is 2.14. The molecular formula is C9H13N3O. The molecule has 1 fully saturated rings. The minimum Gasteiger partial charge on any atom is -0.315 e. The van der Waals surface area contributed by atoms with Gasteiger partial charge in [-0.05, 0) is 6.92 Å². The summed E-state index contributed by atoms with van der Waals surface area (Å²) in [7, 11) is 1.84. The summed E-state index contributed by atoms with van der Waals surface area (Å²) in [5, 5.41) is 7.24. The summed E-state index contributed by atoms with van der Waals surface area (Å²) >= 11 is 0. The summed E-state index contributed by atoms with van der Waals surface area (Å²) in [5.41, 5.74) is 1.61. The highest BCUT2D eigenvalue weighted by atomic mass is 16.1. The number of ketones is 1. The molecule has 0 saturated carbocycles. The van der Waals surface area contributed by atoms with Crippen LogP contribution in [0.5, 0.6) is 0 Å². The normalized spacial score (nSPS) is 17.1.